The minimum Gasteiger partial charge on any atom is -0.371 e. The third kappa shape index (κ3) is 3.88. The summed E-state index contributed by atoms with van der Waals surface area (Å²) in [6.45, 7) is 1.16. The van der Waals surface area contributed by atoms with Crippen LogP contribution in [0, 0.1) is 11.6 Å². The normalized spacial score (nSPS) is 10.1. The number of hydrogen-bond donors (Lipinski definition) is 2. The van der Waals surface area contributed by atoms with Crippen molar-refractivity contribution in [1.29, 1.82) is 0 Å². The molecule has 6 heteroatoms. The van der Waals surface area contributed by atoms with E-state index in [2.05, 4.69) is 10.6 Å². The lowest BCUT2D eigenvalue weighted by Gasteiger charge is -2.09. The maximum Gasteiger partial charge on any atom is 0.243 e. The molecular formula is C16H14F2N2O2. The van der Waals surface area contributed by atoms with Gasteiger partial charge >= 0.3 is 0 Å². The van der Waals surface area contributed by atoms with Crippen molar-refractivity contribution in [1.82, 2.24) is 0 Å². The quantitative estimate of drug-likeness (QED) is 0.834. The van der Waals surface area contributed by atoms with Gasteiger partial charge in [0.1, 0.15) is 17.3 Å². The first-order valence-corrected chi connectivity index (χ1v) is 6.56. The fourth-order valence-electron chi connectivity index (χ4n) is 1.83. The van der Waals surface area contributed by atoms with Crippen LogP contribution in [0.4, 0.5) is 20.2 Å². The summed E-state index contributed by atoms with van der Waals surface area (Å²) < 4.78 is 26.8. The van der Waals surface area contributed by atoms with Crippen molar-refractivity contribution in [2.24, 2.45) is 0 Å². The highest BCUT2D eigenvalue weighted by Gasteiger charge is 2.10. The number of rotatable bonds is 5. The Kier molecular flexibility index (Phi) is 4.83. The Labute approximate surface area is 126 Å². The molecule has 22 heavy (non-hydrogen) atoms. The summed E-state index contributed by atoms with van der Waals surface area (Å²) in [6.07, 6.45) is 0. The van der Waals surface area contributed by atoms with Crippen LogP contribution in [0.15, 0.2) is 42.5 Å². The summed E-state index contributed by atoms with van der Waals surface area (Å²) in [5, 5.41) is 4.97. The van der Waals surface area contributed by atoms with Crippen molar-refractivity contribution in [3.8, 4) is 0 Å². The van der Waals surface area contributed by atoms with Crippen LogP contribution < -0.4 is 10.6 Å². The highest BCUT2D eigenvalue weighted by molar-refractivity contribution is 5.96. The third-order valence-corrected chi connectivity index (χ3v) is 2.96. The molecule has 0 unspecified atom stereocenters. The van der Waals surface area contributed by atoms with Crippen LogP contribution in [0.25, 0.3) is 0 Å². The molecule has 2 aromatic rings. The number of Topliss-reactive ketones (excluding diaryl/α,β-unsaturated/α-hetero) is 1. The van der Waals surface area contributed by atoms with Gasteiger partial charge in [-0.3, -0.25) is 9.59 Å². The minimum absolute atomic E-state index is 0.0745. The number of benzene rings is 2. The first-order valence-electron chi connectivity index (χ1n) is 6.56. The molecule has 0 fully saturated rings. The maximum absolute atomic E-state index is 13.4. The molecule has 0 aromatic heterocycles. The summed E-state index contributed by atoms with van der Waals surface area (Å²) in [5.74, 6) is -2.06. The van der Waals surface area contributed by atoms with Crippen LogP contribution in [0.3, 0.4) is 0 Å². The molecule has 0 aliphatic rings. The first-order chi connectivity index (χ1) is 10.5. The second-order valence-electron chi connectivity index (χ2n) is 4.63. The number of amides is 1. The Balaban J connectivity index is 1.94. The number of halogens is 2. The van der Waals surface area contributed by atoms with Gasteiger partial charge < -0.3 is 10.6 Å². The highest BCUT2D eigenvalue weighted by Crippen LogP contribution is 2.17. The molecule has 2 aromatic carbocycles. The van der Waals surface area contributed by atoms with Gasteiger partial charge in [0, 0.05) is 11.3 Å². The summed E-state index contributed by atoms with van der Waals surface area (Å²) in [6, 6.07) is 9.78. The lowest BCUT2D eigenvalue weighted by Crippen LogP contribution is -2.22. The van der Waals surface area contributed by atoms with Gasteiger partial charge in [-0.25, -0.2) is 8.78 Å². The Morgan fingerprint density at radius 1 is 1.00 bits per heavy atom. The van der Waals surface area contributed by atoms with Gasteiger partial charge in [0.05, 0.1) is 6.54 Å². The smallest absolute Gasteiger partial charge is 0.243 e. The zero-order valence-corrected chi connectivity index (χ0v) is 11.8. The van der Waals surface area contributed by atoms with Gasteiger partial charge in [-0.15, -0.1) is 0 Å². The third-order valence-electron chi connectivity index (χ3n) is 2.96. The van der Waals surface area contributed by atoms with E-state index >= 15 is 0 Å². The van der Waals surface area contributed by atoms with E-state index in [9.17, 15) is 18.4 Å². The van der Waals surface area contributed by atoms with Crippen molar-refractivity contribution in [3.05, 3.63) is 59.7 Å². The van der Waals surface area contributed by atoms with E-state index < -0.39 is 17.5 Å². The van der Waals surface area contributed by atoms with E-state index in [-0.39, 0.29) is 18.0 Å². The zero-order chi connectivity index (χ0) is 16.1. The molecule has 0 heterocycles. The molecular weight excluding hydrogens is 290 g/mol. The average molecular weight is 304 g/mol. The van der Waals surface area contributed by atoms with Gasteiger partial charge in [0.25, 0.3) is 0 Å². The molecule has 0 aliphatic carbocycles. The summed E-state index contributed by atoms with van der Waals surface area (Å²) >= 11 is 0. The van der Waals surface area contributed by atoms with Crippen LogP contribution in [0.1, 0.15) is 17.3 Å². The van der Waals surface area contributed by atoms with Crippen molar-refractivity contribution in [3.63, 3.8) is 0 Å². The highest BCUT2D eigenvalue weighted by atomic mass is 19.1. The van der Waals surface area contributed by atoms with E-state index in [1.807, 2.05) is 0 Å². The van der Waals surface area contributed by atoms with Crippen molar-refractivity contribution in [2.75, 3.05) is 17.2 Å². The van der Waals surface area contributed by atoms with Gasteiger partial charge in [0.2, 0.25) is 5.91 Å². The van der Waals surface area contributed by atoms with Crippen LogP contribution >= 0.6 is 0 Å². The number of hydrogen-bond acceptors (Lipinski definition) is 3. The monoisotopic (exact) mass is 304 g/mol. The molecule has 0 spiro atoms. The number of carbonyl (C=O) groups is 2. The Morgan fingerprint density at radius 2 is 1.59 bits per heavy atom. The topological polar surface area (TPSA) is 58.2 Å². The van der Waals surface area contributed by atoms with Gasteiger partial charge in [-0.2, -0.15) is 0 Å². The molecule has 114 valence electrons. The Morgan fingerprint density at radius 3 is 2.14 bits per heavy atom. The Hall–Kier alpha value is -2.76. The van der Waals surface area contributed by atoms with Crippen LogP contribution in [-0.4, -0.2) is 18.2 Å². The minimum atomic E-state index is -0.765. The van der Waals surface area contributed by atoms with Gasteiger partial charge in [-0.1, -0.05) is 6.07 Å². The number of anilines is 2. The summed E-state index contributed by atoms with van der Waals surface area (Å²) in [4.78, 5) is 22.9. The zero-order valence-electron chi connectivity index (χ0n) is 11.8. The van der Waals surface area contributed by atoms with E-state index in [1.54, 1.807) is 24.3 Å². The lowest BCUT2D eigenvalue weighted by molar-refractivity contribution is -0.114. The molecule has 0 atom stereocenters. The van der Waals surface area contributed by atoms with Crippen molar-refractivity contribution >= 4 is 23.1 Å². The number of carbonyl (C=O) groups excluding carboxylic acids is 2. The Bertz CT molecular complexity index is 680. The lowest BCUT2D eigenvalue weighted by atomic mass is 10.1. The predicted molar refractivity (Wildman–Crippen MR) is 79.9 cm³/mol. The summed E-state index contributed by atoms with van der Waals surface area (Å²) in [5.41, 5.74) is 0.680. The number of nitrogens with one attached hydrogen (secondary N) is 2. The molecule has 0 saturated carbocycles. The fraction of sp³-hybridized carbons (Fsp3) is 0.125. The molecule has 4 nitrogen and oxygen atoms in total. The van der Waals surface area contributed by atoms with Gasteiger partial charge in [0.15, 0.2) is 5.78 Å². The number of para-hydroxylation sites is 1. The predicted octanol–water partition coefficient (Wildman–Crippen LogP) is 3.22. The van der Waals surface area contributed by atoms with Crippen LogP contribution in [0.2, 0.25) is 0 Å². The van der Waals surface area contributed by atoms with Crippen molar-refractivity contribution < 1.29 is 18.4 Å². The standard InChI is InChI=1S/C16H14F2N2O2/c1-10(21)11-5-7-12(8-6-11)20-15(22)9-19-16-13(17)3-2-4-14(16)18/h2-8,19H,9H2,1H3,(H,20,22). The van der Waals surface area contributed by atoms with E-state index in [0.29, 0.717) is 11.3 Å². The summed E-state index contributed by atoms with van der Waals surface area (Å²) in [7, 11) is 0. The molecule has 0 saturated heterocycles. The maximum atomic E-state index is 13.4. The van der Waals surface area contributed by atoms with Gasteiger partial charge in [-0.05, 0) is 43.3 Å². The average Bonchev–Trinajstić information content (AvgIpc) is 2.47. The molecule has 0 bridgehead atoms. The second-order valence-corrected chi connectivity index (χ2v) is 4.63. The largest absolute Gasteiger partial charge is 0.371 e. The molecule has 2 N–H and O–H groups in total. The second kappa shape index (κ2) is 6.80. The molecule has 0 aliphatic heterocycles. The first kappa shape index (κ1) is 15.6. The van der Waals surface area contributed by atoms with Crippen molar-refractivity contribution in [2.45, 2.75) is 6.92 Å². The van der Waals surface area contributed by atoms with Crippen LogP contribution in [-0.2, 0) is 4.79 Å². The molecule has 0 radical (unpaired) electrons. The SMILES string of the molecule is CC(=O)c1ccc(NC(=O)CNc2c(F)cccc2F)cc1. The van der Waals surface area contributed by atoms with Crippen LogP contribution in [0.5, 0.6) is 0 Å². The van der Waals surface area contributed by atoms with E-state index in [0.717, 1.165) is 12.1 Å². The molecule has 2 rings (SSSR count). The van der Waals surface area contributed by atoms with E-state index in [1.165, 1.54) is 13.0 Å². The molecule has 1 amide bonds. The van der Waals surface area contributed by atoms with E-state index in [4.69, 9.17) is 0 Å². The number of ketones is 1. The fourth-order valence-corrected chi connectivity index (χ4v) is 1.83.